The summed E-state index contributed by atoms with van der Waals surface area (Å²) in [6.45, 7) is 5.24. The zero-order valence-corrected chi connectivity index (χ0v) is 17.9. The molecule has 1 aliphatic rings. The first-order valence-electron chi connectivity index (χ1n) is 9.99. The first-order chi connectivity index (χ1) is 13.6. The van der Waals surface area contributed by atoms with Gasteiger partial charge < -0.3 is 14.4 Å². The molecule has 1 aromatic rings. The maximum Gasteiger partial charge on any atom is 0.325 e. The third kappa shape index (κ3) is 6.71. The van der Waals surface area contributed by atoms with E-state index >= 15 is 0 Å². The number of para-hydroxylation sites is 1. The molecule has 0 saturated heterocycles. The number of ether oxygens (including phenoxy) is 2. The van der Waals surface area contributed by atoms with Gasteiger partial charge in [-0.1, -0.05) is 18.2 Å². The molecule has 1 unspecified atom stereocenters. The van der Waals surface area contributed by atoms with E-state index in [4.69, 9.17) is 9.47 Å². The van der Waals surface area contributed by atoms with E-state index in [0.29, 0.717) is 19.8 Å². The molecule has 1 aliphatic heterocycles. The quantitative estimate of drug-likeness (QED) is 0.597. The lowest BCUT2D eigenvalue weighted by Gasteiger charge is -2.29. The molecule has 2 atom stereocenters. The number of benzene rings is 1. The maximum atomic E-state index is 12.4. The van der Waals surface area contributed by atoms with Crippen molar-refractivity contribution in [1.82, 2.24) is 5.32 Å². The van der Waals surface area contributed by atoms with E-state index in [1.807, 2.05) is 38.3 Å². The smallest absolute Gasteiger partial charge is 0.325 e. The van der Waals surface area contributed by atoms with E-state index in [-0.39, 0.29) is 30.6 Å². The highest BCUT2D eigenvalue weighted by atomic mass is 32.2. The van der Waals surface area contributed by atoms with Crippen LogP contribution in [0.4, 0.5) is 5.69 Å². The summed E-state index contributed by atoms with van der Waals surface area (Å²) in [6.07, 6.45) is 4.55. The van der Waals surface area contributed by atoms with Crippen LogP contribution in [0.5, 0.6) is 0 Å². The number of carbonyl (C=O) groups excluding carboxylic acids is 2. The van der Waals surface area contributed by atoms with Crippen LogP contribution in [0.15, 0.2) is 24.3 Å². The molecule has 0 aliphatic carbocycles. The van der Waals surface area contributed by atoms with Gasteiger partial charge in [0.05, 0.1) is 13.2 Å². The fourth-order valence-electron chi connectivity index (χ4n) is 3.50. The van der Waals surface area contributed by atoms with Crippen molar-refractivity contribution in [2.75, 3.05) is 43.2 Å². The van der Waals surface area contributed by atoms with Crippen molar-refractivity contribution in [3.05, 3.63) is 29.8 Å². The van der Waals surface area contributed by atoms with E-state index in [9.17, 15) is 9.59 Å². The highest BCUT2D eigenvalue weighted by molar-refractivity contribution is 7.98. The highest BCUT2D eigenvalue weighted by Gasteiger charge is 2.28. The first kappa shape index (κ1) is 22.6. The topological polar surface area (TPSA) is 67.9 Å². The van der Waals surface area contributed by atoms with Crippen molar-refractivity contribution in [2.24, 2.45) is 0 Å². The van der Waals surface area contributed by atoms with Gasteiger partial charge in [0.25, 0.3) is 0 Å². The molecule has 6 nitrogen and oxygen atoms in total. The molecule has 28 heavy (non-hydrogen) atoms. The Morgan fingerprint density at radius 3 is 2.71 bits per heavy atom. The number of anilines is 1. The number of esters is 2. The van der Waals surface area contributed by atoms with Gasteiger partial charge in [-0.25, -0.2) is 0 Å². The summed E-state index contributed by atoms with van der Waals surface area (Å²) in [5.41, 5.74) is 2.28. The predicted molar refractivity (Wildman–Crippen MR) is 114 cm³/mol. The Labute approximate surface area is 172 Å². The lowest BCUT2D eigenvalue weighted by atomic mass is 10.1. The maximum absolute atomic E-state index is 12.4. The monoisotopic (exact) mass is 408 g/mol. The van der Waals surface area contributed by atoms with Crippen molar-refractivity contribution >= 4 is 29.4 Å². The molecule has 1 heterocycles. The Bertz CT molecular complexity index is 641. The summed E-state index contributed by atoms with van der Waals surface area (Å²) in [6, 6.07) is 7.92. The van der Waals surface area contributed by atoms with Crippen LogP contribution in [0.2, 0.25) is 0 Å². The first-order valence-corrected chi connectivity index (χ1v) is 11.4. The summed E-state index contributed by atoms with van der Waals surface area (Å²) < 4.78 is 10.4. The molecular formula is C21H32N2O4S. The molecule has 0 bridgehead atoms. The SMILES string of the molecule is CCOC(=O)CN1CC(N[C@@H](CCSC)C(=O)OCC)CCc2ccccc21. The third-order valence-corrected chi connectivity index (χ3v) is 5.42. The Morgan fingerprint density at radius 2 is 2.00 bits per heavy atom. The van der Waals surface area contributed by atoms with Crippen LogP contribution in [0, 0.1) is 0 Å². The molecule has 156 valence electrons. The number of fused-ring (bicyclic) bond motifs is 1. The zero-order chi connectivity index (χ0) is 20.4. The molecule has 7 heteroatoms. The summed E-state index contributed by atoms with van der Waals surface area (Å²) >= 11 is 1.72. The van der Waals surface area contributed by atoms with Gasteiger partial charge >= 0.3 is 11.9 Å². The average molecular weight is 409 g/mol. The molecule has 1 aromatic carbocycles. The van der Waals surface area contributed by atoms with E-state index in [1.54, 1.807) is 11.8 Å². The molecule has 0 aromatic heterocycles. The Kier molecular flexibility index (Phi) is 9.64. The van der Waals surface area contributed by atoms with E-state index in [0.717, 1.165) is 30.7 Å². The molecule has 1 N–H and O–H groups in total. The summed E-state index contributed by atoms with van der Waals surface area (Å²) in [7, 11) is 0. The summed E-state index contributed by atoms with van der Waals surface area (Å²) in [5.74, 6) is 0.452. The molecule has 0 saturated carbocycles. The number of hydrogen-bond acceptors (Lipinski definition) is 7. The number of aryl methyl sites for hydroxylation is 1. The predicted octanol–water partition coefficient (Wildman–Crippen LogP) is 2.65. The van der Waals surface area contributed by atoms with Crippen LogP contribution in [-0.4, -0.2) is 62.3 Å². The van der Waals surface area contributed by atoms with Gasteiger partial charge in [-0.3, -0.25) is 14.9 Å². The van der Waals surface area contributed by atoms with Crippen molar-refractivity contribution in [1.29, 1.82) is 0 Å². The molecule has 0 radical (unpaired) electrons. The number of carbonyl (C=O) groups is 2. The summed E-state index contributed by atoms with van der Waals surface area (Å²) in [4.78, 5) is 26.6. The Hall–Kier alpha value is -1.73. The second-order valence-corrected chi connectivity index (χ2v) is 7.79. The fraction of sp³-hybridized carbons (Fsp3) is 0.619. The van der Waals surface area contributed by atoms with Crippen LogP contribution >= 0.6 is 11.8 Å². The van der Waals surface area contributed by atoms with Gasteiger partial charge in [0.1, 0.15) is 12.6 Å². The second kappa shape index (κ2) is 12.0. The van der Waals surface area contributed by atoms with Gasteiger partial charge in [-0.15, -0.1) is 0 Å². The van der Waals surface area contributed by atoms with Crippen molar-refractivity contribution < 1.29 is 19.1 Å². The minimum absolute atomic E-state index is 0.0816. The third-order valence-electron chi connectivity index (χ3n) is 4.78. The molecule has 0 fully saturated rings. The number of nitrogens with one attached hydrogen (secondary N) is 1. The zero-order valence-electron chi connectivity index (χ0n) is 17.1. The number of nitrogens with zero attached hydrogens (tertiary/aromatic N) is 1. The minimum Gasteiger partial charge on any atom is -0.465 e. The van der Waals surface area contributed by atoms with Gasteiger partial charge in [-0.2, -0.15) is 11.8 Å². The highest BCUT2D eigenvalue weighted by Crippen LogP contribution is 2.26. The van der Waals surface area contributed by atoms with Crippen LogP contribution in [-0.2, 0) is 25.5 Å². The Morgan fingerprint density at radius 1 is 1.25 bits per heavy atom. The van der Waals surface area contributed by atoms with E-state index in [2.05, 4.69) is 16.3 Å². The van der Waals surface area contributed by atoms with Gasteiger partial charge in [-0.05, 0) is 56.7 Å². The minimum atomic E-state index is -0.331. The van der Waals surface area contributed by atoms with Gasteiger partial charge in [0, 0.05) is 18.3 Å². The number of rotatable bonds is 10. The van der Waals surface area contributed by atoms with Crippen molar-refractivity contribution in [3.8, 4) is 0 Å². The van der Waals surface area contributed by atoms with Crippen LogP contribution in [0.3, 0.4) is 0 Å². The number of thioether (sulfide) groups is 1. The van der Waals surface area contributed by atoms with E-state index in [1.165, 1.54) is 5.56 Å². The van der Waals surface area contributed by atoms with Gasteiger partial charge in [0.15, 0.2) is 0 Å². The normalized spacial score (nSPS) is 17.4. The van der Waals surface area contributed by atoms with Crippen molar-refractivity contribution in [3.63, 3.8) is 0 Å². The van der Waals surface area contributed by atoms with Gasteiger partial charge in [0.2, 0.25) is 0 Å². The second-order valence-electron chi connectivity index (χ2n) is 6.80. The summed E-state index contributed by atoms with van der Waals surface area (Å²) in [5, 5.41) is 3.50. The standard InChI is InChI=1S/C21H32N2O4S/c1-4-26-20(24)15-23-14-17(11-10-16-8-6-7-9-19(16)23)22-18(12-13-28-3)21(25)27-5-2/h6-9,17-18,22H,4-5,10-15H2,1-3H3/t17?,18-/m0/s1. The van der Waals surface area contributed by atoms with Crippen LogP contribution in [0.1, 0.15) is 32.3 Å². The van der Waals surface area contributed by atoms with Crippen molar-refractivity contribution in [2.45, 2.75) is 45.2 Å². The lowest BCUT2D eigenvalue weighted by molar-refractivity contribution is -0.146. The number of hydrogen-bond donors (Lipinski definition) is 1. The molecular weight excluding hydrogens is 376 g/mol. The molecule has 0 amide bonds. The van der Waals surface area contributed by atoms with E-state index < -0.39 is 0 Å². The molecule has 2 rings (SSSR count). The molecule has 0 spiro atoms. The van der Waals surface area contributed by atoms with Crippen LogP contribution < -0.4 is 10.2 Å². The van der Waals surface area contributed by atoms with Crippen LogP contribution in [0.25, 0.3) is 0 Å². The fourth-order valence-corrected chi connectivity index (χ4v) is 3.97. The largest absolute Gasteiger partial charge is 0.465 e. The average Bonchev–Trinajstić information content (AvgIpc) is 2.85. The Balaban J connectivity index is 2.14. The lowest BCUT2D eigenvalue weighted by Crippen LogP contribution is -2.49.